The summed E-state index contributed by atoms with van der Waals surface area (Å²) in [5, 5.41) is 19.2. The van der Waals surface area contributed by atoms with Crippen LogP contribution in [0.2, 0.25) is 0 Å². The molecule has 5 heteroatoms. The highest BCUT2D eigenvalue weighted by molar-refractivity contribution is 8.04. The number of thiocyanates is 1. The molecule has 4 N–H and O–H groups in total. The van der Waals surface area contributed by atoms with Gasteiger partial charge in [0.1, 0.15) is 5.40 Å². The first-order valence-corrected chi connectivity index (χ1v) is 3.20. The van der Waals surface area contributed by atoms with E-state index in [1.165, 1.54) is 0 Å². The molecule has 0 aromatic carbocycles. The van der Waals surface area contributed by atoms with Gasteiger partial charge in [0.15, 0.2) is 5.96 Å². The van der Waals surface area contributed by atoms with Crippen molar-refractivity contribution in [2.24, 2.45) is 5.73 Å². The average Bonchev–Trinajstić information content (AvgIpc) is 1.63. The minimum atomic E-state index is -0.106. The van der Waals surface area contributed by atoms with E-state index in [1.807, 2.05) is 5.40 Å². The molecule has 0 bridgehead atoms. The quantitative estimate of drug-likeness (QED) is 0.221. The Morgan fingerprint density at radius 3 is 2.89 bits per heavy atom. The van der Waals surface area contributed by atoms with Crippen LogP contribution in [-0.4, -0.2) is 11.3 Å². The molecule has 0 aliphatic carbocycles. The minimum Gasteiger partial charge on any atom is -0.370 e. The maximum atomic E-state index is 8.11. The van der Waals surface area contributed by atoms with E-state index in [-0.39, 0.29) is 11.3 Å². The second-order valence-corrected chi connectivity index (χ2v) is 2.53. The van der Waals surface area contributed by atoms with Gasteiger partial charge >= 0.3 is 0 Å². The van der Waals surface area contributed by atoms with Crippen molar-refractivity contribution in [3.05, 3.63) is 0 Å². The average molecular weight is 144 g/mol. The summed E-state index contributed by atoms with van der Waals surface area (Å²) in [5.41, 5.74) is 4.97. The van der Waals surface area contributed by atoms with Gasteiger partial charge in [-0.15, -0.1) is 0 Å². The number of rotatable bonds is 2. The molecular weight excluding hydrogens is 136 g/mol. The van der Waals surface area contributed by atoms with Crippen LogP contribution in [-0.2, 0) is 0 Å². The number of guanidine groups is 1. The predicted molar refractivity (Wildman–Crippen MR) is 37.7 cm³/mol. The van der Waals surface area contributed by atoms with Crippen LogP contribution in [0.1, 0.15) is 6.92 Å². The van der Waals surface area contributed by atoms with Gasteiger partial charge in [-0.1, -0.05) is 0 Å². The van der Waals surface area contributed by atoms with E-state index < -0.39 is 0 Å². The summed E-state index contributed by atoms with van der Waals surface area (Å²) in [6, 6.07) is 0. The lowest BCUT2D eigenvalue weighted by Gasteiger charge is -2.06. The standard InChI is InChI=1S/C4H8N4S/c1-3(9-2-5)8-4(6)7/h3H,1H3,(H4,6,7,8). The van der Waals surface area contributed by atoms with Gasteiger partial charge in [0.05, 0.1) is 5.37 Å². The summed E-state index contributed by atoms with van der Waals surface area (Å²) in [6.45, 7) is 1.76. The maximum absolute atomic E-state index is 8.11. The highest BCUT2D eigenvalue weighted by atomic mass is 32.2. The summed E-state index contributed by atoms with van der Waals surface area (Å²) in [7, 11) is 0. The molecule has 50 valence electrons. The molecule has 4 nitrogen and oxygen atoms in total. The number of nitriles is 1. The molecule has 0 fully saturated rings. The lowest BCUT2D eigenvalue weighted by molar-refractivity contribution is 0.886. The van der Waals surface area contributed by atoms with Crippen LogP contribution < -0.4 is 11.1 Å². The van der Waals surface area contributed by atoms with Gasteiger partial charge in [0.2, 0.25) is 0 Å². The summed E-state index contributed by atoms with van der Waals surface area (Å²) >= 11 is 1.03. The van der Waals surface area contributed by atoms with Gasteiger partial charge < -0.3 is 11.1 Å². The summed E-state index contributed by atoms with van der Waals surface area (Å²) in [4.78, 5) is 0. The van der Waals surface area contributed by atoms with E-state index >= 15 is 0 Å². The fourth-order valence-electron chi connectivity index (χ4n) is 0.328. The van der Waals surface area contributed by atoms with Gasteiger partial charge in [-0.2, -0.15) is 5.26 Å². The third kappa shape index (κ3) is 4.97. The van der Waals surface area contributed by atoms with Gasteiger partial charge in [-0.25, -0.2) is 0 Å². The molecule has 1 unspecified atom stereocenters. The number of nitrogens with zero attached hydrogens (tertiary/aromatic N) is 1. The van der Waals surface area contributed by atoms with Crippen molar-refractivity contribution in [2.45, 2.75) is 12.3 Å². The van der Waals surface area contributed by atoms with E-state index in [9.17, 15) is 0 Å². The van der Waals surface area contributed by atoms with Crippen LogP contribution in [0.5, 0.6) is 0 Å². The molecule has 0 radical (unpaired) electrons. The Labute approximate surface area is 57.9 Å². The van der Waals surface area contributed by atoms with E-state index in [1.54, 1.807) is 6.92 Å². The number of hydrogen-bond acceptors (Lipinski definition) is 3. The Morgan fingerprint density at radius 1 is 2.00 bits per heavy atom. The molecule has 0 aromatic heterocycles. The Balaban J connectivity index is 3.40. The Bertz CT molecular complexity index is 138. The SMILES string of the molecule is CC(NC(=N)N)SC#N. The smallest absolute Gasteiger partial charge is 0.186 e. The van der Waals surface area contributed by atoms with Crippen LogP contribution in [0.25, 0.3) is 0 Å². The first kappa shape index (κ1) is 8.11. The molecule has 0 aliphatic heterocycles. The Hall–Kier alpha value is -0.890. The van der Waals surface area contributed by atoms with Gasteiger partial charge in [-0.3, -0.25) is 5.41 Å². The van der Waals surface area contributed by atoms with E-state index in [0.717, 1.165) is 11.8 Å². The maximum Gasteiger partial charge on any atom is 0.186 e. The summed E-state index contributed by atoms with van der Waals surface area (Å²) < 4.78 is 0. The fourth-order valence-corrected chi connectivity index (χ4v) is 0.672. The van der Waals surface area contributed by atoms with E-state index in [4.69, 9.17) is 16.4 Å². The zero-order valence-corrected chi connectivity index (χ0v) is 5.83. The summed E-state index contributed by atoms with van der Waals surface area (Å²) in [5.74, 6) is -0.106. The van der Waals surface area contributed by atoms with Crippen LogP contribution in [0.3, 0.4) is 0 Å². The zero-order chi connectivity index (χ0) is 7.28. The van der Waals surface area contributed by atoms with Crippen LogP contribution >= 0.6 is 11.8 Å². The molecule has 0 aromatic rings. The first-order chi connectivity index (χ1) is 4.16. The first-order valence-electron chi connectivity index (χ1n) is 2.32. The van der Waals surface area contributed by atoms with Crippen molar-refractivity contribution in [3.8, 4) is 5.40 Å². The molecule has 0 saturated carbocycles. The number of nitrogens with two attached hydrogens (primary N) is 1. The lowest BCUT2D eigenvalue weighted by atomic mass is 10.7. The second-order valence-electron chi connectivity index (χ2n) is 1.41. The number of hydrogen-bond donors (Lipinski definition) is 3. The van der Waals surface area contributed by atoms with Crippen LogP contribution in [0, 0.1) is 16.1 Å². The van der Waals surface area contributed by atoms with E-state index in [2.05, 4.69) is 5.32 Å². The lowest BCUT2D eigenvalue weighted by Crippen LogP contribution is -2.35. The van der Waals surface area contributed by atoms with E-state index in [0.29, 0.717) is 0 Å². The number of nitrogens with one attached hydrogen (secondary N) is 2. The fraction of sp³-hybridized carbons (Fsp3) is 0.500. The van der Waals surface area contributed by atoms with Crippen LogP contribution in [0.15, 0.2) is 0 Å². The van der Waals surface area contributed by atoms with Crippen molar-refractivity contribution < 1.29 is 0 Å². The largest absolute Gasteiger partial charge is 0.370 e. The normalized spacial score (nSPS) is 11.6. The minimum absolute atomic E-state index is 0.104. The topological polar surface area (TPSA) is 85.7 Å². The molecule has 9 heavy (non-hydrogen) atoms. The highest BCUT2D eigenvalue weighted by Crippen LogP contribution is 2.02. The van der Waals surface area contributed by atoms with Crippen molar-refractivity contribution in [2.75, 3.05) is 0 Å². The summed E-state index contributed by atoms with van der Waals surface area (Å²) in [6.07, 6.45) is 0. The Kier molecular flexibility index (Phi) is 3.64. The molecular formula is C4H8N4S. The molecule has 0 saturated heterocycles. The molecule has 0 aliphatic rings. The predicted octanol–water partition coefficient (Wildman–Crippen LogP) is 0.0298. The molecule has 0 rings (SSSR count). The Morgan fingerprint density at radius 2 is 2.56 bits per heavy atom. The third-order valence-corrected chi connectivity index (χ3v) is 1.17. The van der Waals surface area contributed by atoms with Gasteiger partial charge in [0, 0.05) is 0 Å². The highest BCUT2D eigenvalue weighted by Gasteiger charge is 1.98. The second kappa shape index (κ2) is 4.04. The van der Waals surface area contributed by atoms with Gasteiger partial charge in [0.25, 0.3) is 0 Å². The van der Waals surface area contributed by atoms with Crippen molar-refractivity contribution >= 4 is 17.7 Å². The molecule has 0 amide bonds. The van der Waals surface area contributed by atoms with Crippen molar-refractivity contribution in [1.82, 2.24) is 5.32 Å². The van der Waals surface area contributed by atoms with Crippen LogP contribution in [0.4, 0.5) is 0 Å². The molecule has 1 atom stereocenters. The molecule has 0 heterocycles. The van der Waals surface area contributed by atoms with Crippen molar-refractivity contribution in [1.29, 1.82) is 10.7 Å². The third-order valence-electron chi connectivity index (χ3n) is 0.588. The zero-order valence-electron chi connectivity index (χ0n) is 5.01. The monoisotopic (exact) mass is 144 g/mol. The van der Waals surface area contributed by atoms with Gasteiger partial charge in [-0.05, 0) is 18.7 Å². The molecule has 0 spiro atoms. The number of thioether (sulfide) groups is 1. The van der Waals surface area contributed by atoms with Crippen molar-refractivity contribution in [3.63, 3.8) is 0 Å².